The third kappa shape index (κ3) is 3.54. The Balaban J connectivity index is 1.92. The smallest absolute Gasteiger partial charge is 0.251 e. The first-order chi connectivity index (χ1) is 9.06. The van der Waals surface area contributed by atoms with E-state index in [1.165, 1.54) is 0 Å². The van der Waals surface area contributed by atoms with Crippen LogP contribution in [0.5, 0.6) is 0 Å². The molecule has 5 heteroatoms. The van der Waals surface area contributed by atoms with Crippen LogP contribution in [0, 0.1) is 13.8 Å². The lowest BCUT2D eigenvalue weighted by Crippen LogP contribution is -2.26. The first-order valence-corrected chi connectivity index (χ1v) is 6.99. The highest BCUT2D eigenvalue weighted by molar-refractivity contribution is 7.09. The fourth-order valence-electron chi connectivity index (χ4n) is 1.78. The van der Waals surface area contributed by atoms with Crippen molar-refractivity contribution < 1.29 is 4.79 Å². The molecule has 1 aromatic heterocycles. The number of hydrogen-bond donors (Lipinski definition) is 2. The Labute approximate surface area is 116 Å². The lowest BCUT2D eigenvalue weighted by atomic mass is 10.1. The summed E-state index contributed by atoms with van der Waals surface area (Å²) in [5.74, 6) is -0.0851. The van der Waals surface area contributed by atoms with Crippen LogP contribution in [0.4, 0.5) is 5.69 Å². The third-order valence-electron chi connectivity index (χ3n) is 2.80. The number of amides is 1. The lowest BCUT2D eigenvalue weighted by Gasteiger charge is -2.07. The molecule has 100 valence electrons. The van der Waals surface area contributed by atoms with Gasteiger partial charge in [0, 0.05) is 35.3 Å². The molecule has 0 aliphatic carbocycles. The first-order valence-electron chi connectivity index (χ1n) is 6.11. The number of thiazole rings is 1. The Morgan fingerprint density at radius 2 is 2.21 bits per heavy atom. The maximum absolute atomic E-state index is 12.0. The Bertz CT molecular complexity index is 592. The number of nitrogens with one attached hydrogen (secondary N) is 1. The fourth-order valence-corrected chi connectivity index (χ4v) is 2.56. The Kier molecular flexibility index (Phi) is 4.16. The number of nitrogen functional groups attached to an aromatic ring is 1. The molecule has 1 heterocycles. The lowest BCUT2D eigenvalue weighted by molar-refractivity contribution is 0.0953. The molecular weight excluding hydrogens is 258 g/mol. The van der Waals surface area contributed by atoms with Gasteiger partial charge in [-0.1, -0.05) is 6.07 Å². The van der Waals surface area contributed by atoms with E-state index in [0.29, 0.717) is 17.8 Å². The second-order valence-electron chi connectivity index (χ2n) is 4.46. The molecular formula is C14H17N3OS. The van der Waals surface area contributed by atoms with Crippen molar-refractivity contribution >= 4 is 22.9 Å². The van der Waals surface area contributed by atoms with E-state index < -0.39 is 0 Å². The summed E-state index contributed by atoms with van der Waals surface area (Å²) < 4.78 is 0. The minimum absolute atomic E-state index is 0.0851. The van der Waals surface area contributed by atoms with E-state index in [1.807, 2.05) is 25.3 Å². The largest absolute Gasteiger partial charge is 0.399 e. The van der Waals surface area contributed by atoms with Crippen molar-refractivity contribution in [3.63, 3.8) is 0 Å². The minimum atomic E-state index is -0.0851. The standard InChI is InChI=1S/C14H17N3OS/c1-9-3-4-11(15)7-12(9)14(18)16-6-5-13-17-10(2)8-19-13/h3-4,7-8H,5-6,15H2,1-2H3,(H,16,18). The molecule has 0 fully saturated rings. The molecule has 0 saturated heterocycles. The van der Waals surface area contributed by atoms with Crippen molar-refractivity contribution in [2.45, 2.75) is 20.3 Å². The van der Waals surface area contributed by atoms with Crippen LogP contribution >= 0.6 is 11.3 Å². The number of aryl methyl sites for hydroxylation is 2. The molecule has 0 radical (unpaired) electrons. The van der Waals surface area contributed by atoms with E-state index in [4.69, 9.17) is 5.73 Å². The van der Waals surface area contributed by atoms with Gasteiger partial charge in [0.25, 0.3) is 5.91 Å². The predicted octanol–water partition coefficient (Wildman–Crippen LogP) is 2.31. The number of nitrogens with two attached hydrogens (primary N) is 1. The van der Waals surface area contributed by atoms with E-state index in [-0.39, 0.29) is 5.91 Å². The van der Waals surface area contributed by atoms with Gasteiger partial charge in [0.05, 0.1) is 5.01 Å². The van der Waals surface area contributed by atoms with Crippen LogP contribution in [0.3, 0.4) is 0 Å². The molecule has 2 aromatic rings. The van der Waals surface area contributed by atoms with Crippen molar-refractivity contribution in [2.24, 2.45) is 0 Å². The zero-order valence-corrected chi connectivity index (χ0v) is 11.9. The number of carbonyl (C=O) groups excluding carboxylic acids is 1. The SMILES string of the molecule is Cc1csc(CCNC(=O)c2cc(N)ccc2C)n1. The van der Waals surface area contributed by atoms with Crippen LogP contribution in [0.15, 0.2) is 23.6 Å². The summed E-state index contributed by atoms with van der Waals surface area (Å²) in [5.41, 5.74) is 8.89. The highest BCUT2D eigenvalue weighted by Gasteiger charge is 2.09. The second kappa shape index (κ2) is 5.84. The van der Waals surface area contributed by atoms with E-state index in [9.17, 15) is 4.79 Å². The van der Waals surface area contributed by atoms with Crippen LogP contribution in [0.1, 0.15) is 26.6 Å². The summed E-state index contributed by atoms with van der Waals surface area (Å²) in [6.45, 7) is 4.45. The molecule has 0 atom stereocenters. The fraction of sp³-hybridized carbons (Fsp3) is 0.286. The van der Waals surface area contributed by atoms with E-state index in [0.717, 1.165) is 22.7 Å². The van der Waals surface area contributed by atoms with Crippen molar-refractivity contribution in [3.8, 4) is 0 Å². The van der Waals surface area contributed by atoms with Gasteiger partial charge in [-0.2, -0.15) is 0 Å². The molecule has 1 aromatic carbocycles. The summed E-state index contributed by atoms with van der Waals surface area (Å²) in [6, 6.07) is 5.36. The Hall–Kier alpha value is -1.88. The summed E-state index contributed by atoms with van der Waals surface area (Å²) in [7, 11) is 0. The Morgan fingerprint density at radius 1 is 1.42 bits per heavy atom. The molecule has 1 amide bonds. The zero-order chi connectivity index (χ0) is 13.8. The number of carbonyl (C=O) groups is 1. The van der Waals surface area contributed by atoms with Crippen LogP contribution in [-0.2, 0) is 6.42 Å². The summed E-state index contributed by atoms with van der Waals surface area (Å²) in [5, 5.41) is 5.95. The molecule has 4 nitrogen and oxygen atoms in total. The number of aromatic nitrogens is 1. The monoisotopic (exact) mass is 275 g/mol. The molecule has 0 aliphatic rings. The minimum Gasteiger partial charge on any atom is -0.399 e. The van der Waals surface area contributed by atoms with Gasteiger partial charge < -0.3 is 11.1 Å². The van der Waals surface area contributed by atoms with Gasteiger partial charge in [0.15, 0.2) is 0 Å². The van der Waals surface area contributed by atoms with Crippen LogP contribution in [-0.4, -0.2) is 17.4 Å². The molecule has 0 saturated carbocycles. The molecule has 19 heavy (non-hydrogen) atoms. The predicted molar refractivity (Wildman–Crippen MR) is 78.5 cm³/mol. The average molecular weight is 275 g/mol. The number of hydrogen-bond acceptors (Lipinski definition) is 4. The second-order valence-corrected chi connectivity index (χ2v) is 5.41. The number of nitrogens with zero attached hydrogens (tertiary/aromatic N) is 1. The van der Waals surface area contributed by atoms with E-state index in [1.54, 1.807) is 23.5 Å². The molecule has 0 spiro atoms. The van der Waals surface area contributed by atoms with Gasteiger partial charge in [-0.3, -0.25) is 4.79 Å². The topological polar surface area (TPSA) is 68.0 Å². The van der Waals surface area contributed by atoms with E-state index >= 15 is 0 Å². The van der Waals surface area contributed by atoms with Crippen molar-refractivity contribution in [1.29, 1.82) is 0 Å². The molecule has 0 unspecified atom stereocenters. The van der Waals surface area contributed by atoms with Crippen molar-refractivity contribution in [3.05, 3.63) is 45.4 Å². The molecule has 0 aliphatic heterocycles. The summed E-state index contributed by atoms with van der Waals surface area (Å²) >= 11 is 1.62. The molecule has 3 N–H and O–H groups in total. The van der Waals surface area contributed by atoms with Crippen LogP contribution in [0.2, 0.25) is 0 Å². The van der Waals surface area contributed by atoms with Crippen LogP contribution in [0.25, 0.3) is 0 Å². The van der Waals surface area contributed by atoms with Crippen molar-refractivity contribution in [1.82, 2.24) is 10.3 Å². The van der Waals surface area contributed by atoms with Gasteiger partial charge in [-0.25, -0.2) is 4.98 Å². The third-order valence-corrected chi connectivity index (χ3v) is 3.82. The molecule has 0 bridgehead atoms. The zero-order valence-electron chi connectivity index (χ0n) is 11.1. The van der Waals surface area contributed by atoms with Gasteiger partial charge in [-0.05, 0) is 31.5 Å². The van der Waals surface area contributed by atoms with Gasteiger partial charge in [-0.15, -0.1) is 11.3 Å². The van der Waals surface area contributed by atoms with Gasteiger partial charge in [0.1, 0.15) is 0 Å². The van der Waals surface area contributed by atoms with Crippen LogP contribution < -0.4 is 11.1 Å². The summed E-state index contributed by atoms with van der Waals surface area (Å²) in [4.78, 5) is 16.4. The van der Waals surface area contributed by atoms with Gasteiger partial charge in [0.2, 0.25) is 0 Å². The maximum Gasteiger partial charge on any atom is 0.251 e. The number of rotatable bonds is 4. The highest BCUT2D eigenvalue weighted by atomic mass is 32.1. The van der Waals surface area contributed by atoms with E-state index in [2.05, 4.69) is 10.3 Å². The van der Waals surface area contributed by atoms with Gasteiger partial charge >= 0.3 is 0 Å². The maximum atomic E-state index is 12.0. The quantitative estimate of drug-likeness (QED) is 0.841. The number of benzene rings is 1. The number of anilines is 1. The highest BCUT2D eigenvalue weighted by Crippen LogP contribution is 2.13. The first kappa shape index (κ1) is 13.5. The normalized spacial score (nSPS) is 10.4. The molecule has 2 rings (SSSR count). The summed E-state index contributed by atoms with van der Waals surface area (Å²) in [6.07, 6.45) is 0.756. The Morgan fingerprint density at radius 3 is 2.89 bits per heavy atom. The average Bonchev–Trinajstić information content (AvgIpc) is 2.78. The van der Waals surface area contributed by atoms with Crippen molar-refractivity contribution in [2.75, 3.05) is 12.3 Å².